The van der Waals surface area contributed by atoms with E-state index in [1.165, 1.54) is 7.11 Å². The highest BCUT2D eigenvalue weighted by atomic mass is 79.9. The van der Waals surface area contributed by atoms with Crippen molar-refractivity contribution in [3.8, 4) is 11.5 Å². The van der Waals surface area contributed by atoms with E-state index in [1.807, 2.05) is 24.0 Å². The van der Waals surface area contributed by atoms with Crippen LogP contribution in [0.4, 0.5) is 0 Å². The van der Waals surface area contributed by atoms with Crippen molar-refractivity contribution in [3.63, 3.8) is 0 Å². The van der Waals surface area contributed by atoms with Gasteiger partial charge in [-0.25, -0.2) is 4.79 Å². The Hall–Kier alpha value is -3.00. The highest BCUT2D eigenvalue weighted by molar-refractivity contribution is 9.10. The van der Waals surface area contributed by atoms with Crippen LogP contribution in [0.2, 0.25) is 0 Å². The highest BCUT2D eigenvalue weighted by Gasteiger charge is 2.26. The van der Waals surface area contributed by atoms with Gasteiger partial charge in [0.1, 0.15) is 0 Å². The summed E-state index contributed by atoms with van der Waals surface area (Å²) in [6, 6.07) is 8.90. The quantitative estimate of drug-likeness (QED) is 0.543. The Labute approximate surface area is 188 Å². The number of benzene rings is 2. The summed E-state index contributed by atoms with van der Waals surface area (Å²) in [6.45, 7) is 3.43. The van der Waals surface area contributed by atoms with Crippen molar-refractivity contribution in [2.24, 2.45) is 0 Å². The summed E-state index contributed by atoms with van der Waals surface area (Å²) in [5.74, 6) is 0.611. The lowest BCUT2D eigenvalue weighted by Gasteiger charge is -2.28. The van der Waals surface area contributed by atoms with Gasteiger partial charge in [0.2, 0.25) is 0 Å². The van der Waals surface area contributed by atoms with E-state index in [1.54, 1.807) is 25.3 Å². The van der Waals surface area contributed by atoms with Gasteiger partial charge in [-0.05, 0) is 53.2 Å². The molecule has 0 atom stereocenters. The number of hydrogen-bond acceptors (Lipinski definition) is 5. The van der Waals surface area contributed by atoms with Crippen molar-refractivity contribution in [1.29, 1.82) is 0 Å². The van der Waals surface area contributed by atoms with Crippen molar-refractivity contribution in [2.75, 3.05) is 27.4 Å². The Morgan fingerprint density at radius 1 is 1.16 bits per heavy atom. The topological polar surface area (TPSA) is 80.9 Å². The lowest BCUT2D eigenvalue weighted by Crippen LogP contribution is -2.35. The van der Waals surface area contributed by atoms with Gasteiger partial charge in [-0.1, -0.05) is 0 Å². The molecule has 0 radical (unpaired) electrons. The minimum atomic E-state index is -0.382. The largest absolute Gasteiger partial charge is 0.493 e. The Kier molecular flexibility index (Phi) is 5.91. The summed E-state index contributed by atoms with van der Waals surface area (Å²) < 4.78 is 16.6. The van der Waals surface area contributed by atoms with Gasteiger partial charge in [-0.15, -0.1) is 0 Å². The van der Waals surface area contributed by atoms with Gasteiger partial charge in [0.25, 0.3) is 5.91 Å². The van der Waals surface area contributed by atoms with Crippen LogP contribution in [-0.4, -0.2) is 49.1 Å². The third-order valence-electron chi connectivity index (χ3n) is 5.45. The third-order valence-corrected chi connectivity index (χ3v) is 6.04. The Balaban J connectivity index is 1.66. The van der Waals surface area contributed by atoms with Crippen molar-refractivity contribution < 1.29 is 23.8 Å². The van der Waals surface area contributed by atoms with E-state index < -0.39 is 0 Å². The molecule has 4 rings (SSSR count). The molecule has 0 bridgehead atoms. The molecule has 0 unspecified atom stereocenters. The zero-order chi connectivity index (χ0) is 22.1. The Morgan fingerprint density at radius 2 is 1.97 bits per heavy atom. The molecule has 162 valence electrons. The minimum Gasteiger partial charge on any atom is -0.493 e. The number of hydrogen-bond donors (Lipinski definition) is 1. The number of nitrogens with one attached hydrogen (secondary N) is 1. The lowest BCUT2D eigenvalue weighted by atomic mass is 10.0. The van der Waals surface area contributed by atoms with Crippen LogP contribution in [-0.2, 0) is 17.7 Å². The van der Waals surface area contributed by atoms with Gasteiger partial charge in [0, 0.05) is 47.2 Å². The van der Waals surface area contributed by atoms with Crippen LogP contribution in [0, 0.1) is 0 Å². The smallest absolute Gasteiger partial charge is 0.337 e. The van der Waals surface area contributed by atoms with Gasteiger partial charge < -0.3 is 24.1 Å². The number of nitrogens with zero attached hydrogens (tertiary/aromatic N) is 1. The van der Waals surface area contributed by atoms with Crippen LogP contribution in [0.15, 0.2) is 34.8 Å². The average Bonchev–Trinajstić information content (AvgIpc) is 3.16. The fraction of sp³-hybridized carbons (Fsp3) is 0.304. The molecule has 0 saturated carbocycles. The number of carbonyl (C=O) groups excluding carboxylic acids is 2. The maximum Gasteiger partial charge on any atom is 0.337 e. The molecule has 2 heterocycles. The van der Waals surface area contributed by atoms with Crippen LogP contribution in [0.1, 0.15) is 38.9 Å². The number of amides is 1. The number of ether oxygens (including phenoxy) is 3. The van der Waals surface area contributed by atoms with Crippen molar-refractivity contribution in [1.82, 2.24) is 9.88 Å². The van der Waals surface area contributed by atoms with Crippen LogP contribution in [0.5, 0.6) is 11.5 Å². The molecule has 1 aliphatic heterocycles. The molecule has 31 heavy (non-hydrogen) atoms. The lowest BCUT2D eigenvalue weighted by molar-refractivity contribution is 0.0600. The summed E-state index contributed by atoms with van der Waals surface area (Å²) in [5, 5.41) is 0.931. The van der Waals surface area contributed by atoms with E-state index in [-0.39, 0.29) is 11.9 Å². The highest BCUT2D eigenvalue weighted by Crippen LogP contribution is 2.37. The molecule has 0 spiro atoms. The first kappa shape index (κ1) is 21.2. The van der Waals surface area contributed by atoms with E-state index in [0.717, 1.165) is 22.2 Å². The molecule has 1 N–H and O–H groups in total. The van der Waals surface area contributed by atoms with E-state index in [2.05, 4.69) is 20.9 Å². The molecule has 1 amide bonds. The molecule has 0 fully saturated rings. The van der Waals surface area contributed by atoms with Gasteiger partial charge in [0.05, 0.1) is 30.9 Å². The third kappa shape index (κ3) is 3.87. The number of H-pyrrole nitrogens is 1. The maximum atomic E-state index is 13.3. The first-order valence-corrected chi connectivity index (χ1v) is 10.8. The predicted molar refractivity (Wildman–Crippen MR) is 120 cm³/mol. The summed E-state index contributed by atoms with van der Waals surface area (Å²) >= 11 is 3.49. The van der Waals surface area contributed by atoms with E-state index in [4.69, 9.17) is 14.2 Å². The maximum absolute atomic E-state index is 13.3. The summed E-state index contributed by atoms with van der Waals surface area (Å²) in [4.78, 5) is 30.5. The molecule has 7 nitrogen and oxygen atoms in total. The average molecular weight is 487 g/mol. The van der Waals surface area contributed by atoms with Crippen LogP contribution < -0.4 is 9.47 Å². The normalized spacial score (nSPS) is 13.1. The fourth-order valence-electron chi connectivity index (χ4n) is 3.94. The van der Waals surface area contributed by atoms with Crippen LogP contribution >= 0.6 is 15.9 Å². The Bertz CT molecular complexity index is 1170. The molecule has 3 aromatic rings. The van der Waals surface area contributed by atoms with Crippen LogP contribution in [0.3, 0.4) is 0 Å². The number of esters is 1. The number of fused-ring (bicyclic) bond motifs is 3. The van der Waals surface area contributed by atoms with Crippen molar-refractivity contribution >= 4 is 38.7 Å². The second kappa shape index (κ2) is 8.63. The first-order chi connectivity index (χ1) is 15.0. The zero-order valence-electron chi connectivity index (χ0n) is 17.6. The fourth-order valence-corrected chi connectivity index (χ4v) is 4.50. The van der Waals surface area contributed by atoms with Crippen molar-refractivity contribution in [3.05, 3.63) is 57.2 Å². The summed E-state index contributed by atoms with van der Waals surface area (Å²) in [5.41, 5.74) is 4.06. The number of rotatable bonds is 5. The van der Waals surface area contributed by atoms with E-state index in [0.29, 0.717) is 53.2 Å². The minimum absolute atomic E-state index is 0.0915. The number of aromatic nitrogens is 1. The standard InChI is InChI=1S/C23H23BrN2O5/c1-4-31-21-17(24)10-14(11-20(21)29-2)22(27)26-8-7-19-16(12-26)15-9-13(23(28)30-3)5-6-18(15)25-19/h5-6,9-11,25H,4,7-8,12H2,1-3H3. The molecule has 0 aliphatic carbocycles. The second-order valence-corrected chi connectivity index (χ2v) is 8.09. The zero-order valence-corrected chi connectivity index (χ0v) is 19.2. The van der Waals surface area contributed by atoms with Gasteiger partial charge in [-0.2, -0.15) is 0 Å². The molecule has 0 saturated heterocycles. The number of carbonyl (C=O) groups is 2. The first-order valence-electron chi connectivity index (χ1n) is 9.98. The van der Waals surface area contributed by atoms with E-state index >= 15 is 0 Å². The second-order valence-electron chi connectivity index (χ2n) is 7.23. The van der Waals surface area contributed by atoms with E-state index in [9.17, 15) is 9.59 Å². The number of halogens is 1. The Morgan fingerprint density at radius 3 is 2.68 bits per heavy atom. The molecule has 1 aliphatic rings. The molecular weight excluding hydrogens is 464 g/mol. The monoisotopic (exact) mass is 486 g/mol. The predicted octanol–water partition coefficient (Wildman–Crippen LogP) is 4.32. The summed E-state index contributed by atoms with van der Waals surface area (Å²) in [7, 11) is 2.92. The van der Waals surface area contributed by atoms with Crippen molar-refractivity contribution in [2.45, 2.75) is 19.9 Å². The molecular formula is C23H23BrN2O5. The summed E-state index contributed by atoms with van der Waals surface area (Å²) in [6.07, 6.45) is 0.707. The van der Waals surface area contributed by atoms with Gasteiger partial charge in [0.15, 0.2) is 11.5 Å². The number of methoxy groups -OCH3 is 2. The van der Waals surface area contributed by atoms with Gasteiger partial charge >= 0.3 is 5.97 Å². The molecule has 2 aromatic carbocycles. The SMILES string of the molecule is CCOc1c(Br)cc(C(=O)N2CCc3[nH]c4ccc(C(=O)OC)cc4c3C2)cc1OC. The van der Waals surface area contributed by atoms with Gasteiger partial charge in [-0.3, -0.25) is 4.79 Å². The van der Waals surface area contributed by atoms with Crippen LogP contribution in [0.25, 0.3) is 10.9 Å². The molecule has 1 aromatic heterocycles. The molecule has 8 heteroatoms. The number of aromatic amines is 1.